The summed E-state index contributed by atoms with van der Waals surface area (Å²) in [6.45, 7) is 0.951. The van der Waals surface area contributed by atoms with Crippen molar-refractivity contribution in [2.45, 2.75) is 24.7 Å². The molecule has 2 aromatic rings. The van der Waals surface area contributed by atoms with Gasteiger partial charge in [-0.1, -0.05) is 48.5 Å². The van der Waals surface area contributed by atoms with E-state index >= 15 is 0 Å². The second kappa shape index (κ2) is 8.06. The molecule has 25 heavy (non-hydrogen) atoms. The first-order valence-corrected chi connectivity index (χ1v) is 8.51. The minimum atomic E-state index is -1.03. The third kappa shape index (κ3) is 4.07. The molecule has 0 radical (unpaired) electrons. The molecule has 0 saturated carbocycles. The number of hydrogen-bond acceptors (Lipinski definition) is 4. The molecular formula is C20H24FNO3. The van der Waals surface area contributed by atoms with Crippen LogP contribution in [0.5, 0.6) is 0 Å². The summed E-state index contributed by atoms with van der Waals surface area (Å²) >= 11 is 0. The highest BCUT2D eigenvalue weighted by Crippen LogP contribution is 2.36. The predicted octanol–water partition coefficient (Wildman–Crippen LogP) is 2.59. The van der Waals surface area contributed by atoms with Crippen molar-refractivity contribution in [3.63, 3.8) is 0 Å². The highest BCUT2D eigenvalue weighted by Gasteiger charge is 2.43. The van der Waals surface area contributed by atoms with Gasteiger partial charge in [0, 0.05) is 18.1 Å². The molecular weight excluding hydrogens is 321 g/mol. The van der Waals surface area contributed by atoms with Crippen LogP contribution < -0.4 is 5.73 Å². The Hall–Kier alpha value is -1.79. The molecule has 0 aromatic heterocycles. The zero-order chi connectivity index (χ0) is 17.7. The number of aliphatic hydroxyl groups is 1. The fourth-order valence-corrected chi connectivity index (χ4v) is 3.34. The summed E-state index contributed by atoms with van der Waals surface area (Å²) in [4.78, 5) is 0. The Bertz CT molecular complexity index is 682. The van der Waals surface area contributed by atoms with Gasteiger partial charge >= 0.3 is 0 Å². The quantitative estimate of drug-likeness (QED) is 0.845. The van der Waals surface area contributed by atoms with Crippen molar-refractivity contribution in [1.82, 2.24) is 0 Å². The van der Waals surface area contributed by atoms with Gasteiger partial charge in [0.15, 0.2) is 0 Å². The highest BCUT2D eigenvalue weighted by molar-refractivity contribution is 5.28. The standard InChI is InChI=1S/C20H24FNO3/c21-19-9-5-4-8-18(19)20(22)14-25-17(10-16(20)11-23)13-24-12-15-6-2-1-3-7-15/h1-9,16-17,23H,10-14,22H2/t16-,17+,20-/m0/s1. The zero-order valence-corrected chi connectivity index (χ0v) is 14.1. The zero-order valence-electron chi connectivity index (χ0n) is 14.1. The van der Waals surface area contributed by atoms with Gasteiger partial charge in [-0.15, -0.1) is 0 Å². The molecule has 1 saturated heterocycles. The lowest BCUT2D eigenvalue weighted by atomic mass is 9.75. The number of nitrogens with two attached hydrogens (primary N) is 1. The van der Waals surface area contributed by atoms with Gasteiger partial charge in [-0.2, -0.15) is 0 Å². The van der Waals surface area contributed by atoms with Gasteiger partial charge in [-0.25, -0.2) is 4.39 Å². The smallest absolute Gasteiger partial charge is 0.128 e. The molecule has 1 aliphatic heterocycles. The largest absolute Gasteiger partial charge is 0.396 e. The van der Waals surface area contributed by atoms with Crippen molar-refractivity contribution < 1.29 is 19.0 Å². The van der Waals surface area contributed by atoms with Crippen molar-refractivity contribution in [1.29, 1.82) is 0 Å². The number of aliphatic hydroxyl groups excluding tert-OH is 1. The summed E-state index contributed by atoms with van der Waals surface area (Å²) in [6.07, 6.45) is 0.361. The maximum atomic E-state index is 14.2. The van der Waals surface area contributed by atoms with Crippen LogP contribution in [0.2, 0.25) is 0 Å². The van der Waals surface area contributed by atoms with E-state index in [2.05, 4.69) is 0 Å². The normalized spacial score (nSPS) is 26.5. The first-order chi connectivity index (χ1) is 12.1. The summed E-state index contributed by atoms with van der Waals surface area (Å²) in [5.41, 5.74) is 6.90. The Balaban J connectivity index is 1.61. The van der Waals surface area contributed by atoms with E-state index in [0.29, 0.717) is 25.2 Å². The van der Waals surface area contributed by atoms with Gasteiger partial charge in [0.05, 0.1) is 31.5 Å². The van der Waals surface area contributed by atoms with Crippen LogP contribution in [0.15, 0.2) is 54.6 Å². The Labute approximate surface area is 147 Å². The second-order valence-electron chi connectivity index (χ2n) is 6.57. The topological polar surface area (TPSA) is 64.7 Å². The Morgan fingerprint density at radius 1 is 1.16 bits per heavy atom. The Morgan fingerprint density at radius 2 is 1.88 bits per heavy atom. The maximum Gasteiger partial charge on any atom is 0.128 e. The Kier molecular flexibility index (Phi) is 5.81. The van der Waals surface area contributed by atoms with Gasteiger partial charge in [0.2, 0.25) is 0 Å². The number of rotatable bonds is 6. The molecule has 2 aromatic carbocycles. The summed E-state index contributed by atoms with van der Waals surface area (Å²) in [5.74, 6) is -0.658. The van der Waals surface area contributed by atoms with E-state index < -0.39 is 5.54 Å². The lowest BCUT2D eigenvalue weighted by Crippen LogP contribution is -2.55. The van der Waals surface area contributed by atoms with Gasteiger partial charge in [0.25, 0.3) is 0 Å². The maximum absolute atomic E-state index is 14.2. The molecule has 3 atom stereocenters. The van der Waals surface area contributed by atoms with Crippen LogP contribution in [-0.2, 0) is 21.6 Å². The van der Waals surface area contributed by atoms with Crippen molar-refractivity contribution in [2.24, 2.45) is 11.7 Å². The van der Waals surface area contributed by atoms with Gasteiger partial charge < -0.3 is 20.3 Å². The van der Waals surface area contributed by atoms with E-state index in [1.165, 1.54) is 6.07 Å². The van der Waals surface area contributed by atoms with Crippen molar-refractivity contribution in [3.8, 4) is 0 Å². The van der Waals surface area contributed by atoms with Crippen LogP contribution in [-0.4, -0.2) is 31.0 Å². The first kappa shape index (κ1) is 18.0. The van der Waals surface area contributed by atoms with Crippen molar-refractivity contribution in [3.05, 3.63) is 71.5 Å². The molecule has 4 nitrogen and oxygen atoms in total. The van der Waals surface area contributed by atoms with E-state index in [1.54, 1.807) is 18.2 Å². The fraction of sp³-hybridized carbons (Fsp3) is 0.400. The molecule has 1 fully saturated rings. The molecule has 0 bridgehead atoms. The third-order valence-electron chi connectivity index (χ3n) is 4.84. The third-order valence-corrected chi connectivity index (χ3v) is 4.84. The molecule has 1 aliphatic rings. The Morgan fingerprint density at radius 3 is 2.60 bits per heavy atom. The first-order valence-electron chi connectivity index (χ1n) is 8.51. The highest BCUT2D eigenvalue weighted by atomic mass is 19.1. The molecule has 3 N–H and O–H groups in total. The van der Waals surface area contributed by atoms with Crippen LogP contribution in [0.4, 0.5) is 4.39 Å². The summed E-state index contributed by atoms with van der Waals surface area (Å²) < 4.78 is 25.7. The predicted molar refractivity (Wildman–Crippen MR) is 93.3 cm³/mol. The van der Waals surface area contributed by atoms with Gasteiger partial charge in [0.1, 0.15) is 5.82 Å². The number of hydrogen-bond donors (Lipinski definition) is 2. The molecule has 0 aliphatic carbocycles. The molecule has 0 unspecified atom stereocenters. The monoisotopic (exact) mass is 345 g/mol. The van der Waals surface area contributed by atoms with Crippen LogP contribution in [0.1, 0.15) is 17.5 Å². The van der Waals surface area contributed by atoms with Gasteiger partial charge in [-0.05, 0) is 18.1 Å². The SMILES string of the molecule is N[C@@]1(c2ccccc2F)CO[C@@H](COCc2ccccc2)C[C@H]1CO. The lowest BCUT2D eigenvalue weighted by Gasteiger charge is -2.43. The fourth-order valence-electron chi connectivity index (χ4n) is 3.34. The molecule has 5 heteroatoms. The van der Waals surface area contributed by atoms with E-state index in [1.807, 2.05) is 30.3 Å². The lowest BCUT2D eigenvalue weighted by molar-refractivity contribution is -0.106. The van der Waals surface area contributed by atoms with E-state index in [-0.39, 0.29) is 31.1 Å². The average molecular weight is 345 g/mol. The molecule has 0 amide bonds. The minimum Gasteiger partial charge on any atom is -0.396 e. The van der Waals surface area contributed by atoms with Gasteiger partial charge in [-0.3, -0.25) is 0 Å². The van der Waals surface area contributed by atoms with Crippen LogP contribution in [0.3, 0.4) is 0 Å². The van der Waals surface area contributed by atoms with Crippen LogP contribution in [0.25, 0.3) is 0 Å². The van der Waals surface area contributed by atoms with Crippen LogP contribution in [0, 0.1) is 11.7 Å². The van der Waals surface area contributed by atoms with E-state index in [4.69, 9.17) is 15.2 Å². The summed E-state index contributed by atoms with van der Waals surface area (Å²) in [5, 5.41) is 9.80. The average Bonchev–Trinajstić information content (AvgIpc) is 2.64. The van der Waals surface area contributed by atoms with Crippen molar-refractivity contribution in [2.75, 3.05) is 19.8 Å². The minimum absolute atomic E-state index is 0.122. The summed E-state index contributed by atoms with van der Waals surface area (Å²) in [6, 6.07) is 16.3. The molecule has 0 spiro atoms. The molecule has 3 rings (SSSR count). The number of ether oxygens (including phenoxy) is 2. The molecule has 1 heterocycles. The van der Waals surface area contributed by atoms with Crippen LogP contribution >= 0.6 is 0 Å². The van der Waals surface area contributed by atoms with E-state index in [0.717, 1.165) is 5.56 Å². The molecule has 134 valence electrons. The van der Waals surface area contributed by atoms with E-state index in [9.17, 15) is 9.50 Å². The van der Waals surface area contributed by atoms with Crippen molar-refractivity contribution >= 4 is 0 Å². The second-order valence-corrected chi connectivity index (χ2v) is 6.57. The summed E-state index contributed by atoms with van der Waals surface area (Å²) in [7, 11) is 0. The number of benzene rings is 2. The number of halogens is 1.